The van der Waals surface area contributed by atoms with Crippen LogP contribution in [0.4, 0.5) is 5.69 Å². The van der Waals surface area contributed by atoms with Crippen LogP contribution in [0, 0.1) is 33.6 Å². The van der Waals surface area contributed by atoms with E-state index in [9.17, 15) is 18.0 Å². The summed E-state index contributed by atoms with van der Waals surface area (Å²) in [4.78, 5) is 25.6. The SMILES string of the molecule is CCOC(=O)c1c(S(=O)(=O)N2CCCC(C(=O)Nc3cc(C)cc(C)c3)C2)c(C)n(C)c1C. The molecule has 1 aliphatic rings. The van der Waals surface area contributed by atoms with Crippen LogP contribution < -0.4 is 5.32 Å². The Balaban J connectivity index is 1.88. The number of carbonyl (C=O) groups is 2. The standard InChI is InChI=1S/C24H33N3O5S/c1-7-32-24(29)21-17(4)26(6)18(5)22(21)33(30,31)27-10-8-9-19(14-27)23(28)25-20-12-15(2)11-16(3)13-20/h11-13,19H,7-10,14H2,1-6H3,(H,25,28). The van der Waals surface area contributed by atoms with Gasteiger partial charge in [0.05, 0.1) is 12.5 Å². The number of hydrogen-bond donors (Lipinski definition) is 1. The molecule has 0 saturated carbocycles. The second-order valence-electron chi connectivity index (χ2n) is 8.72. The maximum absolute atomic E-state index is 13.7. The molecule has 9 heteroatoms. The Morgan fingerprint density at radius 2 is 1.73 bits per heavy atom. The molecule has 180 valence electrons. The largest absolute Gasteiger partial charge is 0.462 e. The van der Waals surface area contributed by atoms with Crippen molar-refractivity contribution in [2.45, 2.75) is 52.4 Å². The minimum absolute atomic E-state index is 0.0312. The zero-order valence-corrected chi connectivity index (χ0v) is 21.0. The summed E-state index contributed by atoms with van der Waals surface area (Å²) in [7, 11) is -2.28. The molecule has 0 aliphatic carbocycles. The molecule has 1 amide bonds. The molecule has 8 nitrogen and oxygen atoms in total. The molecule has 2 aromatic rings. The van der Waals surface area contributed by atoms with E-state index in [0.29, 0.717) is 36.5 Å². The molecule has 1 unspecified atom stereocenters. The number of carbonyl (C=O) groups excluding carboxylic acids is 2. The summed E-state index contributed by atoms with van der Waals surface area (Å²) in [5, 5.41) is 2.94. The lowest BCUT2D eigenvalue weighted by molar-refractivity contribution is -0.120. The van der Waals surface area contributed by atoms with E-state index in [0.717, 1.165) is 11.1 Å². The van der Waals surface area contributed by atoms with Gasteiger partial charge in [-0.05, 0) is 70.7 Å². The van der Waals surface area contributed by atoms with Crippen LogP contribution in [0.1, 0.15) is 52.6 Å². The van der Waals surface area contributed by atoms with Crippen molar-refractivity contribution in [1.82, 2.24) is 8.87 Å². The molecule has 1 saturated heterocycles. The first-order valence-electron chi connectivity index (χ1n) is 11.2. The second kappa shape index (κ2) is 9.69. The Labute approximate surface area is 196 Å². The maximum atomic E-state index is 13.7. The molecule has 1 atom stereocenters. The number of esters is 1. The van der Waals surface area contributed by atoms with Gasteiger partial charge in [0, 0.05) is 37.2 Å². The zero-order chi connectivity index (χ0) is 24.5. The van der Waals surface area contributed by atoms with Crippen molar-refractivity contribution in [2.75, 3.05) is 25.0 Å². The summed E-state index contributed by atoms with van der Waals surface area (Å²) in [6, 6.07) is 5.81. The van der Waals surface area contributed by atoms with Crippen LogP contribution >= 0.6 is 0 Å². The van der Waals surface area contributed by atoms with Crippen LogP contribution in [0.5, 0.6) is 0 Å². The smallest absolute Gasteiger partial charge is 0.341 e. The molecule has 0 spiro atoms. The normalized spacial score (nSPS) is 17.1. The van der Waals surface area contributed by atoms with E-state index in [1.54, 1.807) is 32.4 Å². The Kier molecular flexibility index (Phi) is 7.33. The number of nitrogens with zero attached hydrogens (tertiary/aromatic N) is 2. The Bertz CT molecular complexity index is 1160. The van der Waals surface area contributed by atoms with Gasteiger partial charge >= 0.3 is 5.97 Å². The molecular formula is C24H33N3O5S. The first kappa shape index (κ1) is 25.0. The van der Waals surface area contributed by atoms with Crippen LogP contribution in [0.2, 0.25) is 0 Å². The lowest BCUT2D eigenvalue weighted by Gasteiger charge is -2.31. The highest BCUT2D eigenvalue weighted by atomic mass is 32.2. The number of benzene rings is 1. The number of rotatable bonds is 6. The van der Waals surface area contributed by atoms with Gasteiger partial charge in [0.25, 0.3) is 0 Å². The van der Waals surface area contributed by atoms with E-state index in [-0.39, 0.29) is 29.5 Å². The molecule has 0 radical (unpaired) electrons. The molecule has 1 aliphatic heterocycles. The lowest BCUT2D eigenvalue weighted by Crippen LogP contribution is -2.44. The van der Waals surface area contributed by atoms with E-state index in [2.05, 4.69) is 5.32 Å². The van der Waals surface area contributed by atoms with Crippen LogP contribution in [-0.4, -0.2) is 48.9 Å². The zero-order valence-electron chi connectivity index (χ0n) is 20.2. The van der Waals surface area contributed by atoms with Crippen molar-refractivity contribution in [3.63, 3.8) is 0 Å². The van der Waals surface area contributed by atoms with E-state index < -0.39 is 21.9 Å². The highest BCUT2D eigenvalue weighted by Gasteiger charge is 2.39. The van der Waals surface area contributed by atoms with Gasteiger partial charge in [-0.2, -0.15) is 4.31 Å². The van der Waals surface area contributed by atoms with Crippen LogP contribution in [0.25, 0.3) is 0 Å². The number of amides is 1. The number of ether oxygens (including phenoxy) is 1. The molecule has 33 heavy (non-hydrogen) atoms. The quantitative estimate of drug-likeness (QED) is 0.645. The summed E-state index contributed by atoms with van der Waals surface area (Å²) in [5.74, 6) is -1.34. The number of aromatic nitrogens is 1. The van der Waals surface area contributed by atoms with Gasteiger partial charge in [0.1, 0.15) is 10.5 Å². The fraction of sp³-hybridized carbons (Fsp3) is 0.500. The van der Waals surface area contributed by atoms with Gasteiger partial charge in [-0.3, -0.25) is 4.79 Å². The van der Waals surface area contributed by atoms with Crippen molar-refractivity contribution in [3.8, 4) is 0 Å². The van der Waals surface area contributed by atoms with Gasteiger partial charge in [-0.1, -0.05) is 6.07 Å². The summed E-state index contributed by atoms with van der Waals surface area (Å²) < 4.78 is 35.5. The minimum Gasteiger partial charge on any atom is -0.462 e. The predicted molar refractivity (Wildman–Crippen MR) is 127 cm³/mol. The van der Waals surface area contributed by atoms with Gasteiger partial charge in [0.15, 0.2) is 0 Å². The highest BCUT2D eigenvalue weighted by Crippen LogP contribution is 2.32. The topological polar surface area (TPSA) is 97.7 Å². The number of anilines is 1. The van der Waals surface area contributed by atoms with Crippen LogP contribution in [0.15, 0.2) is 23.1 Å². The third-order valence-electron chi connectivity index (χ3n) is 6.25. The molecule has 1 aromatic carbocycles. The van der Waals surface area contributed by atoms with E-state index >= 15 is 0 Å². The molecule has 1 N–H and O–H groups in total. The predicted octanol–water partition coefficient (Wildman–Crippen LogP) is 3.47. The minimum atomic E-state index is -4.01. The molecule has 2 heterocycles. The van der Waals surface area contributed by atoms with Crippen molar-refractivity contribution in [3.05, 3.63) is 46.3 Å². The number of hydrogen-bond acceptors (Lipinski definition) is 5. The van der Waals surface area contributed by atoms with Crippen molar-refractivity contribution >= 4 is 27.6 Å². The summed E-state index contributed by atoms with van der Waals surface area (Å²) in [6.45, 7) is 9.49. The first-order valence-corrected chi connectivity index (χ1v) is 12.6. The molecule has 1 fully saturated rings. The van der Waals surface area contributed by atoms with E-state index in [4.69, 9.17) is 4.74 Å². The van der Waals surface area contributed by atoms with Crippen LogP contribution in [0.3, 0.4) is 0 Å². The van der Waals surface area contributed by atoms with Crippen molar-refractivity contribution < 1.29 is 22.7 Å². The van der Waals surface area contributed by atoms with Gasteiger partial charge < -0.3 is 14.6 Å². The van der Waals surface area contributed by atoms with E-state index in [1.807, 2.05) is 32.0 Å². The molecule has 0 bridgehead atoms. The van der Waals surface area contributed by atoms with Gasteiger partial charge in [-0.15, -0.1) is 0 Å². The Hall–Kier alpha value is -2.65. The summed E-state index contributed by atoms with van der Waals surface area (Å²) in [6.07, 6.45) is 1.16. The van der Waals surface area contributed by atoms with Crippen molar-refractivity contribution in [1.29, 1.82) is 0 Å². The molecule has 1 aromatic heterocycles. The monoisotopic (exact) mass is 475 g/mol. The average Bonchev–Trinajstić information content (AvgIpc) is 2.98. The number of nitrogens with one attached hydrogen (secondary N) is 1. The first-order chi connectivity index (χ1) is 15.5. The lowest BCUT2D eigenvalue weighted by atomic mass is 9.98. The second-order valence-corrected chi connectivity index (χ2v) is 10.6. The Morgan fingerprint density at radius 3 is 2.33 bits per heavy atom. The number of sulfonamides is 1. The third kappa shape index (κ3) is 4.99. The van der Waals surface area contributed by atoms with E-state index in [1.165, 1.54) is 4.31 Å². The third-order valence-corrected chi connectivity index (χ3v) is 8.27. The molecule has 3 rings (SSSR count). The Morgan fingerprint density at radius 1 is 1.09 bits per heavy atom. The average molecular weight is 476 g/mol. The van der Waals surface area contributed by atoms with Crippen LogP contribution in [-0.2, 0) is 26.6 Å². The number of piperidine rings is 1. The number of aryl methyl sites for hydroxylation is 2. The van der Waals surface area contributed by atoms with Crippen molar-refractivity contribution in [2.24, 2.45) is 13.0 Å². The fourth-order valence-electron chi connectivity index (χ4n) is 4.47. The highest BCUT2D eigenvalue weighted by molar-refractivity contribution is 7.89. The summed E-state index contributed by atoms with van der Waals surface area (Å²) >= 11 is 0. The summed E-state index contributed by atoms with van der Waals surface area (Å²) in [5.41, 5.74) is 3.86. The van der Waals surface area contributed by atoms with Gasteiger partial charge in [0.2, 0.25) is 15.9 Å². The maximum Gasteiger partial charge on any atom is 0.341 e. The molecular weight excluding hydrogens is 442 g/mol. The fourth-order valence-corrected chi connectivity index (χ4v) is 6.47. The van der Waals surface area contributed by atoms with Gasteiger partial charge in [-0.25, -0.2) is 13.2 Å².